The Labute approximate surface area is 113 Å². The first-order valence-corrected chi connectivity index (χ1v) is 7.20. The molecule has 19 heavy (non-hydrogen) atoms. The summed E-state index contributed by atoms with van der Waals surface area (Å²) in [7, 11) is 0. The summed E-state index contributed by atoms with van der Waals surface area (Å²) in [5.41, 5.74) is -0.0596. The average molecular weight is 266 g/mol. The van der Waals surface area contributed by atoms with E-state index >= 15 is 0 Å². The van der Waals surface area contributed by atoms with Crippen LogP contribution in [0.1, 0.15) is 39.5 Å². The summed E-state index contributed by atoms with van der Waals surface area (Å²) in [5.74, 6) is 0.539. The first-order valence-electron chi connectivity index (χ1n) is 7.20. The van der Waals surface area contributed by atoms with Crippen molar-refractivity contribution in [1.82, 2.24) is 10.2 Å². The normalized spacial score (nSPS) is 37.1. The smallest absolute Gasteiger partial charge is 0.245 e. The SMILES string of the molecule is CC1(C)C[C@@H]2CN(C(=O)[C@@H]3CCC(=O)N3)CC[C@@H]2O1. The fraction of sp³-hybridized carbons (Fsp3) is 0.857. The van der Waals surface area contributed by atoms with Gasteiger partial charge in [-0.3, -0.25) is 9.59 Å². The number of carbonyl (C=O) groups is 2. The Balaban J connectivity index is 1.62. The minimum absolute atomic E-state index is 0.00132. The van der Waals surface area contributed by atoms with E-state index in [0.29, 0.717) is 24.9 Å². The van der Waals surface area contributed by atoms with Gasteiger partial charge in [-0.05, 0) is 33.1 Å². The Bertz CT molecular complexity index is 407. The van der Waals surface area contributed by atoms with E-state index in [-0.39, 0.29) is 23.5 Å². The number of fused-ring (bicyclic) bond motifs is 1. The summed E-state index contributed by atoms with van der Waals surface area (Å²) in [5, 5.41) is 2.77. The van der Waals surface area contributed by atoms with Gasteiger partial charge in [0.25, 0.3) is 0 Å². The molecule has 0 radical (unpaired) electrons. The zero-order valence-electron chi connectivity index (χ0n) is 11.6. The molecule has 0 spiro atoms. The van der Waals surface area contributed by atoms with Crippen LogP contribution in [0.3, 0.4) is 0 Å². The summed E-state index contributed by atoms with van der Waals surface area (Å²) in [4.78, 5) is 25.5. The summed E-state index contributed by atoms with van der Waals surface area (Å²) in [6, 6.07) is -0.292. The van der Waals surface area contributed by atoms with Gasteiger partial charge in [-0.2, -0.15) is 0 Å². The van der Waals surface area contributed by atoms with Gasteiger partial charge in [-0.25, -0.2) is 0 Å². The Morgan fingerprint density at radius 3 is 2.89 bits per heavy atom. The van der Waals surface area contributed by atoms with Crippen LogP contribution in [0.2, 0.25) is 0 Å². The number of ether oxygens (including phenoxy) is 1. The highest BCUT2D eigenvalue weighted by molar-refractivity contribution is 5.90. The van der Waals surface area contributed by atoms with Crippen molar-refractivity contribution >= 4 is 11.8 Å². The van der Waals surface area contributed by atoms with Gasteiger partial charge in [0.1, 0.15) is 6.04 Å². The molecule has 3 fully saturated rings. The van der Waals surface area contributed by atoms with Crippen molar-refractivity contribution in [1.29, 1.82) is 0 Å². The Kier molecular flexibility index (Phi) is 3.04. The zero-order valence-corrected chi connectivity index (χ0v) is 11.6. The first-order chi connectivity index (χ1) is 8.94. The highest BCUT2D eigenvalue weighted by atomic mass is 16.5. The maximum absolute atomic E-state index is 12.4. The number of rotatable bonds is 1. The number of hydrogen-bond donors (Lipinski definition) is 1. The molecule has 3 rings (SSSR count). The van der Waals surface area contributed by atoms with Crippen LogP contribution < -0.4 is 5.32 Å². The molecule has 3 heterocycles. The molecule has 1 N–H and O–H groups in total. The molecule has 0 aliphatic carbocycles. The van der Waals surface area contributed by atoms with Gasteiger partial charge in [0.05, 0.1) is 11.7 Å². The van der Waals surface area contributed by atoms with Crippen LogP contribution in [0.4, 0.5) is 0 Å². The van der Waals surface area contributed by atoms with E-state index in [1.54, 1.807) is 0 Å². The van der Waals surface area contributed by atoms with Gasteiger partial charge in [-0.1, -0.05) is 0 Å². The van der Waals surface area contributed by atoms with Gasteiger partial charge < -0.3 is 15.0 Å². The molecule has 3 aliphatic heterocycles. The quantitative estimate of drug-likeness (QED) is 0.759. The fourth-order valence-electron chi connectivity index (χ4n) is 3.67. The maximum atomic E-state index is 12.4. The molecule has 0 aromatic rings. The van der Waals surface area contributed by atoms with Crippen LogP contribution >= 0.6 is 0 Å². The molecule has 0 unspecified atom stereocenters. The van der Waals surface area contributed by atoms with Gasteiger partial charge in [0.15, 0.2) is 0 Å². The number of carbonyl (C=O) groups excluding carboxylic acids is 2. The number of amides is 2. The summed E-state index contributed by atoms with van der Waals surface area (Å²) in [6.45, 7) is 5.77. The number of hydrogen-bond acceptors (Lipinski definition) is 3. The molecule has 5 nitrogen and oxygen atoms in total. The van der Waals surface area contributed by atoms with Crippen molar-refractivity contribution in [2.75, 3.05) is 13.1 Å². The third kappa shape index (κ3) is 2.48. The zero-order chi connectivity index (χ0) is 13.6. The topological polar surface area (TPSA) is 58.6 Å². The number of piperidine rings is 1. The molecule has 3 saturated heterocycles. The predicted octanol–water partition coefficient (Wildman–Crippen LogP) is 0.681. The molecular weight excluding hydrogens is 244 g/mol. The first kappa shape index (κ1) is 12.9. The van der Waals surface area contributed by atoms with Crippen LogP contribution in [-0.2, 0) is 14.3 Å². The van der Waals surface area contributed by atoms with E-state index in [4.69, 9.17) is 4.74 Å². The lowest BCUT2D eigenvalue weighted by molar-refractivity contribution is -0.137. The fourth-order valence-corrected chi connectivity index (χ4v) is 3.67. The molecular formula is C14H22N2O3. The van der Waals surface area contributed by atoms with Gasteiger partial charge >= 0.3 is 0 Å². The number of nitrogens with zero attached hydrogens (tertiary/aromatic N) is 1. The third-order valence-corrected chi connectivity index (χ3v) is 4.49. The van der Waals surface area contributed by atoms with Crippen molar-refractivity contribution in [3.05, 3.63) is 0 Å². The molecule has 3 aliphatic rings. The molecule has 0 aromatic heterocycles. The van der Waals surface area contributed by atoms with Crippen LogP contribution in [0.25, 0.3) is 0 Å². The molecule has 5 heteroatoms. The lowest BCUT2D eigenvalue weighted by atomic mass is 9.89. The highest BCUT2D eigenvalue weighted by Crippen LogP contribution is 2.39. The second kappa shape index (κ2) is 4.47. The largest absolute Gasteiger partial charge is 0.372 e. The Morgan fingerprint density at radius 1 is 1.42 bits per heavy atom. The number of likely N-dealkylation sites (tertiary alicyclic amines) is 1. The van der Waals surface area contributed by atoms with Crippen molar-refractivity contribution in [2.45, 2.75) is 57.3 Å². The van der Waals surface area contributed by atoms with E-state index in [2.05, 4.69) is 19.2 Å². The van der Waals surface area contributed by atoms with E-state index in [1.807, 2.05) is 4.90 Å². The van der Waals surface area contributed by atoms with Gasteiger partial charge in [0, 0.05) is 25.4 Å². The van der Waals surface area contributed by atoms with E-state index in [1.165, 1.54) is 0 Å². The van der Waals surface area contributed by atoms with Crippen LogP contribution in [-0.4, -0.2) is 47.6 Å². The lowest BCUT2D eigenvalue weighted by Gasteiger charge is -2.35. The second-order valence-electron chi connectivity index (χ2n) is 6.61. The molecule has 0 saturated carbocycles. The van der Waals surface area contributed by atoms with Crippen LogP contribution in [0.15, 0.2) is 0 Å². The molecule has 106 valence electrons. The minimum Gasteiger partial charge on any atom is -0.372 e. The standard InChI is InChI=1S/C14H22N2O3/c1-14(2)7-9-8-16(6-5-11(9)19-14)13(18)10-3-4-12(17)15-10/h9-11H,3-8H2,1-2H3,(H,15,17)/t9-,10+,11+/m1/s1. The molecule has 0 aromatic carbocycles. The van der Waals surface area contributed by atoms with Crippen LogP contribution in [0, 0.1) is 5.92 Å². The summed E-state index contributed by atoms with van der Waals surface area (Å²) < 4.78 is 6.02. The third-order valence-electron chi connectivity index (χ3n) is 4.49. The van der Waals surface area contributed by atoms with Crippen molar-refractivity contribution < 1.29 is 14.3 Å². The molecule has 3 atom stereocenters. The lowest BCUT2D eigenvalue weighted by Crippen LogP contribution is -2.50. The van der Waals surface area contributed by atoms with Crippen LogP contribution in [0.5, 0.6) is 0 Å². The Hall–Kier alpha value is -1.10. The second-order valence-corrected chi connectivity index (χ2v) is 6.61. The summed E-state index contributed by atoms with van der Waals surface area (Å²) >= 11 is 0. The maximum Gasteiger partial charge on any atom is 0.245 e. The summed E-state index contributed by atoms with van der Waals surface area (Å²) in [6.07, 6.45) is 3.35. The molecule has 0 bridgehead atoms. The minimum atomic E-state index is -0.292. The highest BCUT2D eigenvalue weighted by Gasteiger charge is 2.44. The van der Waals surface area contributed by atoms with E-state index in [9.17, 15) is 9.59 Å². The van der Waals surface area contributed by atoms with Crippen molar-refractivity contribution in [2.24, 2.45) is 5.92 Å². The van der Waals surface area contributed by atoms with Crippen molar-refractivity contribution in [3.63, 3.8) is 0 Å². The predicted molar refractivity (Wildman–Crippen MR) is 69.4 cm³/mol. The Morgan fingerprint density at radius 2 is 2.21 bits per heavy atom. The molecule has 2 amide bonds. The average Bonchev–Trinajstić information content (AvgIpc) is 2.88. The monoisotopic (exact) mass is 266 g/mol. The van der Waals surface area contributed by atoms with E-state index in [0.717, 1.165) is 25.9 Å². The number of nitrogens with one attached hydrogen (secondary N) is 1. The van der Waals surface area contributed by atoms with Gasteiger partial charge in [0.2, 0.25) is 11.8 Å². The van der Waals surface area contributed by atoms with Crippen molar-refractivity contribution in [3.8, 4) is 0 Å². The van der Waals surface area contributed by atoms with E-state index < -0.39 is 0 Å². The van der Waals surface area contributed by atoms with Gasteiger partial charge in [-0.15, -0.1) is 0 Å².